The van der Waals surface area contributed by atoms with Gasteiger partial charge in [0.05, 0.1) is 33.4 Å². The lowest BCUT2D eigenvalue weighted by Crippen LogP contribution is -2.40. The normalized spacial score (nSPS) is 17.3. The van der Waals surface area contributed by atoms with Crippen LogP contribution in [0.2, 0.25) is 0 Å². The Balaban J connectivity index is 2.19. The SMILES string of the molecule is COc1ccc([C@H](CN2CCOCC2)C(C)=O)cc1OC. The maximum Gasteiger partial charge on any atom is 0.161 e. The highest BCUT2D eigenvalue weighted by Gasteiger charge is 2.23. The van der Waals surface area contributed by atoms with E-state index in [0.717, 1.165) is 31.9 Å². The first-order valence-electron chi connectivity index (χ1n) is 7.18. The van der Waals surface area contributed by atoms with Gasteiger partial charge in [0.2, 0.25) is 0 Å². The van der Waals surface area contributed by atoms with Gasteiger partial charge in [0.1, 0.15) is 5.78 Å². The summed E-state index contributed by atoms with van der Waals surface area (Å²) in [5.41, 5.74) is 0.964. The molecule has 0 saturated carbocycles. The zero-order valence-corrected chi connectivity index (χ0v) is 12.9. The first kappa shape index (κ1) is 15.8. The number of rotatable bonds is 6. The van der Waals surface area contributed by atoms with Crippen molar-refractivity contribution in [1.29, 1.82) is 0 Å². The summed E-state index contributed by atoms with van der Waals surface area (Å²) in [6, 6.07) is 5.68. The van der Waals surface area contributed by atoms with Crippen LogP contribution in [0, 0.1) is 0 Å². The van der Waals surface area contributed by atoms with E-state index in [1.54, 1.807) is 21.1 Å². The largest absolute Gasteiger partial charge is 0.493 e. The number of ketones is 1. The molecule has 1 aliphatic heterocycles. The zero-order chi connectivity index (χ0) is 15.2. The summed E-state index contributed by atoms with van der Waals surface area (Å²) in [5.74, 6) is 1.34. The molecule has 0 N–H and O–H groups in total. The van der Waals surface area contributed by atoms with Crippen LogP contribution in [-0.4, -0.2) is 57.8 Å². The molecule has 116 valence electrons. The van der Waals surface area contributed by atoms with Crippen molar-refractivity contribution in [3.63, 3.8) is 0 Å². The van der Waals surface area contributed by atoms with Crippen molar-refractivity contribution >= 4 is 5.78 Å². The highest BCUT2D eigenvalue weighted by molar-refractivity contribution is 5.83. The summed E-state index contributed by atoms with van der Waals surface area (Å²) in [6.07, 6.45) is 0. The predicted octanol–water partition coefficient (Wildman–Crippen LogP) is 1.71. The maximum atomic E-state index is 12.0. The smallest absolute Gasteiger partial charge is 0.161 e. The number of carbonyl (C=O) groups excluding carboxylic acids is 1. The molecule has 5 nitrogen and oxygen atoms in total. The van der Waals surface area contributed by atoms with Gasteiger partial charge in [-0.1, -0.05) is 6.07 Å². The number of carbonyl (C=O) groups is 1. The Bertz CT molecular complexity index is 483. The number of methoxy groups -OCH3 is 2. The zero-order valence-electron chi connectivity index (χ0n) is 12.9. The quantitative estimate of drug-likeness (QED) is 0.799. The third kappa shape index (κ3) is 3.95. The van der Waals surface area contributed by atoms with Gasteiger partial charge in [0, 0.05) is 19.6 Å². The standard InChI is InChI=1S/C16H23NO4/c1-12(18)14(11-17-6-8-21-9-7-17)13-4-5-15(19-2)16(10-13)20-3/h4-5,10,14H,6-9,11H2,1-3H3/t14-/m1/s1. The van der Waals surface area contributed by atoms with Gasteiger partial charge in [-0.25, -0.2) is 0 Å². The number of morpholine rings is 1. The van der Waals surface area contributed by atoms with Crippen molar-refractivity contribution in [3.8, 4) is 11.5 Å². The molecule has 0 unspecified atom stereocenters. The first-order valence-corrected chi connectivity index (χ1v) is 7.18. The van der Waals surface area contributed by atoms with Crippen molar-refractivity contribution in [3.05, 3.63) is 23.8 Å². The summed E-state index contributed by atoms with van der Waals surface area (Å²) in [4.78, 5) is 14.3. The summed E-state index contributed by atoms with van der Waals surface area (Å²) in [7, 11) is 3.21. The topological polar surface area (TPSA) is 48.0 Å². The van der Waals surface area contributed by atoms with Crippen molar-refractivity contribution in [1.82, 2.24) is 4.90 Å². The molecule has 0 amide bonds. The van der Waals surface area contributed by atoms with Gasteiger partial charge in [0.15, 0.2) is 11.5 Å². The van der Waals surface area contributed by atoms with Crippen LogP contribution in [0.3, 0.4) is 0 Å². The molecule has 1 atom stereocenters. The van der Waals surface area contributed by atoms with E-state index >= 15 is 0 Å². The fourth-order valence-electron chi connectivity index (χ4n) is 2.58. The lowest BCUT2D eigenvalue weighted by molar-refractivity contribution is -0.119. The Hall–Kier alpha value is -1.59. The fourth-order valence-corrected chi connectivity index (χ4v) is 2.58. The molecule has 1 aromatic rings. The van der Waals surface area contributed by atoms with E-state index in [1.165, 1.54) is 0 Å². The van der Waals surface area contributed by atoms with Crippen LogP contribution in [0.1, 0.15) is 18.4 Å². The molecule has 0 spiro atoms. The molecule has 5 heteroatoms. The van der Waals surface area contributed by atoms with Crippen LogP contribution in [0.5, 0.6) is 11.5 Å². The second-order valence-electron chi connectivity index (χ2n) is 5.19. The molecule has 1 saturated heterocycles. The molecule has 1 aromatic carbocycles. The van der Waals surface area contributed by atoms with Gasteiger partial charge in [-0.15, -0.1) is 0 Å². The van der Waals surface area contributed by atoms with Gasteiger partial charge >= 0.3 is 0 Å². The highest BCUT2D eigenvalue weighted by atomic mass is 16.5. The molecular weight excluding hydrogens is 270 g/mol. The summed E-state index contributed by atoms with van der Waals surface area (Å²) >= 11 is 0. The highest BCUT2D eigenvalue weighted by Crippen LogP contribution is 2.31. The molecule has 21 heavy (non-hydrogen) atoms. The van der Waals surface area contributed by atoms with Crippen molar-refractivity contribution in [2.45, 2.75) is 12.8 Å². The molecule has 0 aromatic heterocycles. The van der Waals surface area contributed by atoms with E-state index < -0.39 is 0 Å². The van der Waals surface area contributed by atoms with Crippen molar-refractivity contribution in [2.75, 3.05) is 47.1 Å². The van der Waals surface area contributed by atoms with Crippen LogP contribution < -0.4 is 9.47 Å². The van der Waals surface area contributed by atoms with Gasteiger partial charge in [-0.05, 0) is 24.6 Å². The molecule has 1 aliphatic rings. The molecule has 1 heterocycles. The lowest BCUT2D eigenvalue weighted by Gasteiger charge is -2.29. The molecule has 1 fully saturated rings. The van der Waals surface area contributed by atoms with E-state index in [1.807, 2.05) is 18.2 Å². The molecule has 0 radical (unpaired) electrons. The lowest BCUT2D eigenvalue weighted by atomic mass is 9.94. The van der Waals surface area contributed by atoms with Crippen molar-refractivity contribution < 1.29 is 19.0 Å². The Morgan fingerprint density at radius 1 is 1.24 bits per heavy atom. The summed E-state index contributed by atoms with van der Waals surface area (Å²) in [6.45, 7) is 5.57. The Labute approximate surface area is 125 Å². The monoisotopic (exact) mass is 293 g/mol. The second-order valence-corrected chi connectivity index (χ2v) is 5.19. The number of Topliss-reactive ketones (excluding diaryl/α,β-unsaturated/α-hetero) is 1. The van der Waals surface area contributed by atoms with E-state index in [0.29, 0.717) is 18.0 Å². The maximum absolute atomic E-state index is 12.0. The molecular formula is C16H23NO4. The van der Waals surface area contributed by atoms with Gasteiger partial charge in [-0.2, -0.15) is 0 Å². The van der Waals surface area contributed by atoms with Gasteiger partial charge in [-0.3, -0.25) is 9.69 Å². The van der Waals surface area contributed by atoms with E-state index in [2.05, 4.69) is 4.90 Å². The van der Waals surface area contributed by atoms with Crippen LogP contribution in [-0.2, 0) is 9.53 Å². The third-order valence-electron chi connectivity index (χ3n) is 3.85. The number of hydrogen-bond acceptors (Lipinski definition) is 5. The molecule has 0 aliphatic carbocycles. The third-order valence-corrected chi connectivity index (χ3v) is 3.85. The van der Waals surface area contributed by atoms with Crippen LogP contribution >= 0.6 is 0 Å². The van der Waals surface area contributed by atoms with Crippen LogP contribution in [0.4, 0.5) is 0 Å². The fraction of sp³-hybridized carbons (Fsp3) is 0.562. The van der Waals surface area contributed by atoms with Gasteiger partial charge < -0.3 is 14.2 Å². The first-order chi connectivity index (χ1) is 10.2. The Kier molecular flexibility index (Phi) is 5.59. The average Bonchev–Trinajstić information content (AvgIpc) is 2.52. The number of ether oxygens (including phenoxy) is 3. The van der Waals surface area contributed by atoms with E-state index in [9.17, 15) is 4.79 Å². The van der Waals surface area contributed by atoms with E-state index in [-0.39, 0.29) is 11.7 Å². The minimum absolute atomic E-state index is 0.150. The van der Waals surface area contributed by atoms with Crippen LogP contribution in [0.15, 0.2) is 18.2 Å². The number of benzene rings is 1. The predicted molar refractivity (Wildman–Crippen MR) is 80.2 cm³/mol. The molecule has 0 bridgehead atoms. The van der Waals surface area contributed by atoms with Crippen molar-refractivity contribution in [2.24, 2.45) is 0 Å². The minimum atomic E-state index is -0.150. The summed E-state index contributed by atoms with van der Waals surface area (Å²) < 4.78 is 15.9. The van der Waals surface area contributed by atoms with Crippen LogP contribution in [0.25, 0.3) is 0 Å². The summed E-state index contributed by atoms with van der Waals surface area (Å²) in [5, 5.41) is 0. The minimum Gasteiger partial charge on any atom is -0.493 e. The number of nitrogens with zero attached hydrogens (tertiary/aromatic N) is 1. The van der Waals surface area contributed by atoms with Gasteiger partial charge in [0.25, 0.3) is 0 Å². The number of hydrogen-bond donors (Lipinski definition) is 0. The van der Waals surface area contributed by atoms with E-state index in [4.69, 9.17) is 14.2 Å². The second kappa shape index (κ2) is 7.43. The Morgan fingerprint density at radius 3 is 2.48 bits per heavy atom. The molecule has 2 rings (SSSR count). The average molecular weight is 293 g/mol. The Morgan fingerprint density at radius 2 is 1.90 bits per heavy atom.